The third-order valence-corrected chi connectivity index (χ3v) is 6.63. The quantitative estimate of drug-likeness (QED) is 0.595. The fourth-order valence-corrected chi connectivity index (χ4v) is 3.77. The van der Waals surface area contributed by atoms with Gasteiger partial charge in [-0.05, 0) is 55.9 Å². The summed E-state index contributed by atoms with van der Waals surface area (Å²) in [6.45, 7) is 7.62. The number of alkyl halides is 2. The van der Waals surface area contributed by atoms with Crippen LogP contribution in [-0.4, -0.2) is 66.8 Å². The summed E-state index contributed by atoms with van der Waals surface area (Å²) in [6.07, 6.45) is -2.81. The summed E-state index contributed by atoms with van der Waals surface area (Å²) in [7, 11) is 2.14. The average Bonchev–Trinajstić information content (AvgIpc) is 2.84. The van der Waals surface area contributed by atoms with Gasteiger partial charge < -0.3 is 16.0 Å². The number of piperazine rings is 1. The molecule has 0 aliphatic carbocycles. The maximum absolute atomic E-state index is 13.2. The molecule has 1 aliphatic rings. The molecule has 1 heterocycles. The molecule has 0 aromatic heterocycles. The van der Waals surface area contributed by atoms with Crippen molar-refractivity contribution in [1.82, 2.24) is 15.1 Å². The largest absolute Gasteiger partial charge is 0.368 e. The highest BCUT2D eigenvalue weighted by Crippen LogP contribution is 2.24. The second kappa shape index (κ2) is 11.4. The van der Waals surface area contributed by atoms with Crippen LogP contribution in [0, 0.1) is 17.8 Å². The van der Waals surface area contributed by atoms with Crippen LogP contribution in [-0.2, 0) is 11.3 Å². The van der Waals surface area contributed by atoms with E-state index >= 15 is 0 Å². The Morgan fingerprint density at radius 1 is 1.00 bits per heavy atom. The van der Waals surface area contributed by atoms with Crippen molar-refractivity contribution in [2.24, 2.45) is 11.7 Å². The number of halogens is 2. The summed E-state index contributed by atoms with van der Waals surface area (Å²) in [5.41, 5.74) is 6.48. The molecular formula is C27H32F2N4O2. The molecule has 3 rings (SSSR count). The van der Waals surface area contributed by atoms with Crippen molar-refractivity contribution in [2.45, 2.75) is 32.4 Å². The first-order valence-corrected chi connectivity index (χ1v) is 11.6. The Labute approximate surface area is 205 Å². The number of benzene rings is 2. The van der Waals surface area contributed by atoms with E-state index in [0.29, 0.717) is 5.56 Å². The van der Waals surface area contributed by atoms with Crippen molar-refractivity contribution >= 4 is 11.8 Å². The van der Waals surface area contributed by atoms with E-state index in [1.807, 2.05) is 12.1 Å². The minimum Gasteiger partial charge on any atom is -0.368 e. The molecule has 2 aromatic rings. The van der Waals surface area contributed by atoms with Crippen molar-refractivity contribution in [1.29, 1.82) is 0 Å². The van der Waals surface area contributed by atoms with Crippen LogP contribution in [0.2, 0.25) is 0 Å². The minimum atomic E-state index is -2.81. The summed E-state index contributed by atoms with van der Waals surface area (Å²) >= 11 is 0. The van der Waals surface area contributed by atoms with Crippen LogP contribution in [0.4, 0.5) is 8.78 Å². The summed E-state index contributed by atoms with van der Waals surface area (Å²) in [6, 6.07) is 14.6. The number of hydrogen-bond donors (Lipinski definition) is 2. The van der Waals surface area contributed by atoms with Crippen LogP contribution >= 0.6 is 0 Å². The molecule has 3 N–H and O–H groups in total. The topological polar surface area (TPSA) is 78.7 Å². The normalized spacial score (nSPS) is 17.2. The Morgan fingerprint density at radius 3 is 2.00 bits per heavy atom. The number of carbonyl (C=O) groups is 2. The molecule has 1 aliphatic heterocycles. The number of likely N-dealkylation sites (N-methyl/N-ethyl adjacent to an activating group) is 1. The number of hydrogen-bond acceptors (Lipinski definition) is 4. The molecule has 2 unspecified atom stereocenters. The van der Waals surface area contributed by atoms with Gasteiger partial charge in [0, 0.05) is 55.3 Å². The number of carbonyl (C=O) groups excluding carboxylic acids is 2. The standard InChI is InChI=1S/C27H32F2N4O2/c1-19(24(28)29)27(2,26(30)35)31-25(34)23-12-10-21(11-13-23)5-4-20-6-8-22(9-7-20)18-33-16-14-32(3)15-17-33/h6-13,19,24H,14-18H2,1-3H3,(H2,30,35)(H,31,34). The van der Waals surface area contributed by atoms with Crippen molar-refractivity contribution in [2.75, 3.05) is 33.2 Å². The predicted octanol–water partition coefficient (Wildman–Crippen LogP) is 2.71. The summed E-state index contributed by atoms with van der Waals surface area (Å²) < 4.78 is 26.4. The number of nitrogens with zero attached hydrogens (tertiary/aromatic N) is 2. The van der Waals surface area contributed by atoms with Crippen molar-refractivity contribution < 1.29 is 18.4 Å². The van der Waals surface area contributed by atoms with E-state index < -0.39 is 29.7 Å². The van der Waals surface area contributed by atoms with Crippen LogP contribution < -0.4 is 11.1 Å². The zero-order valence-corrected chi connectivity index (χ0v) is 20.4. The first-order chi connectivity index (χ1) is 16.6. The second-order valence-corrected chi connectivity index (χ2v) is 9.25. The van der Waals surface area contributed by atoms with Gasteiger partial charge in [0.15, 0.2) is 0 Å². The minimum absolute atomic E-state index is 0.220. The zero-order valence-electron chi connectivity index (χ0n) is 20.4. The molecule has 0 bridgehead atoms. The Bertz CT molecular complexity index is 1080. The fraction of sp³-hybridized carbons (Fsp3) is 0.407. The van der Waals surface area contributed by atoms with E-state index in [1.54, 1.807) is 12.1 Å². The molecule has 2 atom stereocenters. The van der Waals surface area contributed by atoms with Crippen LogP contribution in [0.25, 0.3) is 0 Å². The second-order valence-electron chi connectivity index (χ2n) is 9.25. The highest BCUT2D eigenvalue weighted by atomic mass is 19.3. The van der Waals surface area contributed by atoms with Crippen molar-refractivity contribution in [3.8, 4) is 11.8 Å². The number of nitrogens with one attached hydrogen (secondary N) is 1. The van der Waals surface area contributed by atoms with E-state index in [1.165, 1.54) is 31.5 Å². The lowest BCUT2D eigenvalue weighted by atomic mass is 9.86. The number of nitrogens with two attached hydrogens (primary N) is 1. The molecule has 2 aromatic carbocycles. The SMILES string of the molecule is CC(C(F)F)C(C)(NC(=O)c1ccc(C#Cc2ccc(CN3CCN(C)CC3)cc2)cc1)C(N)=O. The van der Waals surface area contributed by atoms with Crippen molar-refractivity contribution in [3.05, 3.63) is 70.8 Å². The first-order valence-electron chi connectivity index (χ1n) is 11.6. The van der Waals surface area contributed by atoms with Crippen molar-refractivity contribution in [3.63, 3.8) is 0 Å². The van der Waals surface area contributed by atoms with E-state index in [2.05, 4.69) is 46.1 Å². The van der Waals surface area contributed by atoms with Gasteiger partial charge in [-0.15, -0.1) is 0 Å². The lowest BCUT2D eigenvalue weighted by molar-refractivity contribution is -0.128. The Balaban J connectivity index is 1.61. The Kier molecular flexibility index (Phi) is 8.60. The third-order valence-electron chi connectivity index (χ3n) is 6.63. The zero-order chi connectivity index (χ0) is 25.6. The van der Waals surface area contributed by atoms with Gasteiger partial charge in [-0.2, -0.15) is 0 Å². The van der Waals surface area contributed by atoms with Gasteiger partial charge in [-0.1, -0.05) is 30.9 Å². The Hall–Kier alpha value is -3.28. The number of rotatable bonds is 7. The van der Waals surface area contributed by atoms with Gasteiger partial charge in [0.25, 0.3) is 5.91 Å². The molecule has 1 fully saturated rings. The molecule has 2 amide bonds. The van der Waals surface area contributed by atoms with Crippen LogP contribution in [0.3, 0.4) is 0 Å². The fourth-order valence-electron chi connectivity index (χ4n) is 3.77. The molecule has 35 heavy (non-hydrogen) atoms. The summed E-state index contributed by atoms with van der Waals surface area (Å²) in [5, 5.41) is 2.37. The maximum Gasteiger partial charge on any atom is 0.252 e. The lowest BCUT2D eigenvalue weighted by Crippen LogP contribution is -2.60. The molecule has 1 saturated heterocycles. The van der Waals surface area contributed by atoms with Gasteiger partial charge >= 0.3 is 0 Å². The van der Waals surface area contributed by atoms with Gasteiger partial charge in [0.05, 0.1) is 0 Å². The molecule has 0 saturated carbocycles. The molecule has 0 radical (unpaired) electrons. The molecule has 0 spiro atoms. The molecular weight excluding hydrogens is 450 g/mol. The summed E-state index contributed by atoms with van der Waals surface area (Å²) in [5.74, 6) is 3.05. The van der Waals surface area contributed by atoms with E-state index in [-0.39, 0.29) is 5.56 Å². The van der Waals surface area contributed by atoms with Gasteiger partial charge in [0.1, 0.15) is 5.54 Å². The molecule has 8 heteroatoms. The van der Waals surface area contributed by atoms with Crippen LogP contribution in [0.1, 0.15) is 40.9 Å². The van der Waals surface area contributed by atoms with E-state index in [0.717, 1.165) is 38.3 Å². The van der Waals surface area contributed by atoms with Gasteiger partial charge in [-0.25, -0.2) is 8.78 Å². The monoisotopic (exact) mass is 482 g/mol. The third kappa shape index (κ3) is 6.87. The molecule has 6 nitrogen and oxygen atoms in total. The van der Waals surface area contributed by atoms with E-state index in [9.17, 15) is 18.4 Å². The van der Waals surface area contributed by atoms with Gasteiger partial charge in [0.2, 0.25) is 12.3 Å². The van der Waals surface area contributed by atoms with Gasteiger partial charge in [-0.3, -0.25) is 14.5 Å². The van der Waals surface area contributed by atoms with E-state index in [4.69, 9.17) is 5.73 Å². The summed E-state index contributed by atoms with van der Waals surface area (Å²) in [4.78, 5) is 29.1. The molecule has 186 valence electrons. The predicted molar refractivity (Wildman–Crippen MR) is 132 cm³/mol. The number of amides is 2. The maximum atomic E-state index is 13.2. The number of primary amides is 1. The first kappa shape index (κ1) is 26.3. The Morgan fingerprint density at radius 2 is 1.51 bits per heavy atom. The van der Waals surface area contributed by atoms with Crippen LogP contribution in [0.5, 0.6) is 0 Å². The van der Waals surface area contributed by atoms with Crippen LogP contribution in [0.15, 0.2) is 48.5 Å². The lowest BCUT2D eigenvalue weighted by Gasteiger charge is -2.33. The highest BCUT2D eigenvalue weighted by molar-refractivity contribution is 5.99. The average molecular weight is 483 g/mol. The smallest absolute Gasteiger partial charge is 0.252 e. The highest BCUT2D eigenvalue weighted by Gasteiger charge is 2.43.